The van der Waals surface area contributed by atoms with Crippen LogP contribution in [0.1, 0.15) is 16.8 Å². The number of aliphatic imine (C=N–C) groups is 1. The largest absolute Gasteiger partial charge is 0.495 e. The van der Waals surface area contributed by atoms with Gasteiger partial charge >= 0.3 is 0 Å². The van der Waals surface area contributed by atoms with Crippen LogP contribution in [0.3, 0.4) is 0 Å². The Balaban J connectivity index is 0.00000320. The molecule has 1 aliphatic heterocycles. The molecule has 1 unspecified atom stereocenters. The minimum Gasteiger partial charge on any atom is -0.495 e. The molecule has 2 heterocycles. The number of para-hydroxylation sites is 2. The molecule has 30 heavy (non-hydrogen) atoms. The molecule has 2 aromatic rings. The summed E-state index contributed by atoms with van der Waals surface area (Å²) >= 11 is 0. The van der Waals surface area contributed by atoms with Crippen molar-refractivity contribution in [1.82, 2.24) is 20.9 Å². The van der Waals surface area contributed by atoms with Crippen LogP contribution in [0.15, 0.2) is 53.8 Å². The van der Waals surface area contributed by atoms with Crippen molar-refractivity contribution in [3.8, 4) is 5.75 Å². The van der Waals surface area contributed by atoms with Crippen LogP contribution >= 0.6 is 24.0 Å². The molecule has 8 nitrogen and oxygen atoms in total. The fraction of sp³-hybridized carbons (Fsp3) is 0.381. The van der Waals surface area contributed by atoms with Crippen LogP contribution in [0.2, 0.25) is 0 Å². The van der Waals surface area contributed by atoms with Gasteiger partial charge in [0, 0.05) is 51.7 Å². The number of aromatic nitrogens is 1. The number of hydrogen-bond acceptors (Lipinski definition) is 5. The van der Waals surface area contributed by atoms with E-state index in [-0.39, 0.29) is 35.9 Å². The fourth-order valence-electron chi connectivity index (χ4n) is 3.33. The number of hydrogen-bond donors (Lipinski definition) is 3. The summed E-state index contributed by atoms with van der Waals surface area (Å²) in [6, 6.07) is 11.8. The number of ether oxygens (including phenoxy) is 1. The van der Waals surface area contributed by atoms with Crippen molar-refractivity contribution >= 4 is 41.5 Å². The summed E-state index contributed by atoms with van der Waals surface area (Å²) in [7, 11) is 3.44. The summed E-state index contributed by atoms with van der Waals surface area (Å²) in [5.41, 5.74) is 1.66. The second kappa shape index (κ2) is 12.2. The molecule has 1 fully saturated rings. The third kappa shape index (κ3) is 6.48. The van der Waals surface area contributed by atoms with Gasteiger partial charge < -0.3 is 25.6 Å². The van der Waals surface area contributed by atoms with Crippen LogP contribution in [-0.2, 0) is 0 Å². The zero-order valence-corrected chi connectivity index (χ0v) is 19.6. The Kier molecular flexibility index (Phi) is 9.65. The number of methoxy groups -OCH3 is 1. The number of guanidine groups is 1. The molecular formula is C21H29IN6O2. The number of nitrogens with one attached hydrogen (secondary N) is 3. The Morgan fingerprint density at radius 3 is 2.77 bits per heavy atom. The molecule has 0 radical (unpaired) electrons. The van der Waals surface area contributed by atoms with Gasteiger partial charge in [-0.1, -0.05) is 12.1 Å². The highest BCUT2D eigenvalue weighted by atomic mass is 127. The Morgan fingerprint density at radius 1 is 1.23 bits per heavy atom. The number of nitrogens with zero attached hydrogens (tertiary/aromatic N) is 3. The van der Waals surface area contributed by atoms with E-state index in [0.29, 0.717) is 18.7 Å². The molecule has 1 aromatic carbocycles. The summed E-state index contributed by atoms with van der Waals surface area (Å²) in [5, 5.41) is 9.57. The predicted octanol–water partition coefficient (Wildman–Crippen LogP) is 1.88. The van der Waals surface area contributed by atoms with Gasteiger partial charge in [0.15, 0.2) is 5.96 Å². The lowest BCUT2D eigenvalue weighted by Gasteiger charge is -2.22. The molecule has 9 heteroatoms. The molecule has 1 amide bonds. The summed E-state index contributed by atoms with van der Waals surface area (Å²) in [5.74, 6) is 1.48. The number of carbonyl (C=O) groups is 1. The first-order valence-corrected chi connectivity index (χ1v) is 9.74. The van der Waals surface area contributed by atoms with E-state index in [9.17, 15) is 4.79 Å². The highest BCUT2D eigenvalue weighted by molar-refractivity contribution is 14.0. The normalized spacial score (nSPS) is 15.9. The smallest absolute Gasteiger partial charge is 0.252 e. The lowest BCUT2D eigenvalue weighted by atomic mass is 10.2. The number of carbonyl (C=O) groups excluding carboxylic acids is 1. The van der Waals surface area contributed by atoms with Crippen LogP contribution in [0.25, 0.3) is 0 Å². The van der Waals surface area contributed by atoms with Gasteiger partial charge in [-0.25, -0.2) is 0 Å². The van der Waals surface area contributed by atoms with Crippen LogP contribution in [0, 0.1) is 0 Å². The fourth-order valence-corrected chi connectivity index (χ4v) is 3.33. The van der Waals surface area contributed by atoms with Crippen molar-refractivity contribution in [3.05, 3.63) is 54.4 Å². The highest BCUT2D eigenvalue weighted by Gasteiger charge is 2.25. The second-order valence-electron chi connectivity index (χ2n) is 6.74. The SMILES string of the molecule is CN=C(NCCNC(=O)c1cccnc1)NC1CCN(c2ccccc2OC)C1.I. The molecule has 3 rings (SSSR count). The van der Waals surface area contributed by atoms with E-state index in [2.05, 4.69) is 36.9 Å². The van der Waals surface area contributed by atoms with Gasteiger partial charge in [0.1, 0.15) is 5.75 Å². The number of anilines is 1. The van der Waals surface area contributed by atoms with Crippen molar-refractivity contribution in [2.45, 2.75) is 12.5 Å². The minimum absolute atomic E-state index is 0. The maximum absolute atomic E-state index is 12.0. The molecule has 0 bridgehead atoms. The van der Waals surface area contributed by atoms with Crippen LogP contribution in [0.5, 0.6) is 5.75 Å². The van der Waals surface area contributed by atoms with E-state index in [1.807, 2.05) is 18.2 Å². The first-order valence-electron chi connectivity index (χ1n) is 9.74. The van der Waals surface area contributed by atoms with Gasteiger partial charge in [-0.15, -0.1) is 24.0 Å². The topological polar surface area (TPSA) is 90.9 Å². The lowest BCUT2D eigenvalue weighted by molar-refractivity contribution is 0.0954. The molecule has 1 aliphatic rings. The molecule has 0 spiro atoms. The Bertz CT molecular complexity index is 833. The number of pyridine rings is 1. The summed E-state index contributed by atoms with van der Waals surface area (Å²) in [4.78, 5) is 22.6. The van der Waals surface area contributed by atoms with Crippen molar-refractivity contribution < 1.29 is 9.53 Å². The first kappa shape index (κ1) is 23.7. The molecule has 162 valence electrons. The third-order valence-electron chi connectivity index (χ3n) is 4.81. The third-order valence-corrected chi connectivity index (χ3v) is 4.81. The average molecular weight is 524 g/mol. The van der Waals surface area contributed by atoms with Gasteiger partial charge in [-0.3, -0.25) is 14.8 Å². The zero-order chi connectivity index (χ0) is 20.5. The van der Waals surface area contributed by atoms with E-state index in [1.54, 1.807) is 38.7 Å². The molecule has 0 aliphatic carbocycles. The van der Waals surface area contributed by atoms with Crippen LogP contribution in [0.4, 0.5) is 5.69 Å². The van der Waals surface area contributed by atoms with Crippen molar-refractivity contribution in [2.24, 2.45) is 4.99 Å². The highest BCUT2D eigenvalue weighted by Crippen LogP contribution is 2.30. The second-order valence-corrected chi connectivity index (χ2v) is 6.74. The molecular weight excluding hydrogens is 495 g/mol. The van der Waals surface area contributed by atoms with Gasteiger partial charge in [-0.2, -0.15) is 0 Å². The van der Waals surface area contributed by atoms with Crippen molar-refractivity contribution in [1.29, 1.82) is 0 Å². The first-order chi connectivity index (χ1) is 14.2. The zero-order valence-electron chi connectivity index (χ0n) is 17.3. The average Bonchev–Trinajstić information content (AvgIpc) is 3.24. The van der Waals surface area contributed by atoms with E-state index in [4.69, 9.17) is 4.74 Å². The Hall–Kier alpha value is -2.56. The maximum atomic E-state index is 12.0. The summed E-state index contributed by atoms with van der Waals surface area (Å²) in [6.07, 6.45) is 4.21. The number of rotatable bonds is 7. The number of benzene rings is 1. The molecule has 3 N–H and O–H groups in total. The molecule has 0 saturated carbocycles. The van der Waals surface area contributed by atoms with Crippen LogP contribution < -0.4 is 25.6 Å². The van der Waals surface area contributed by atoms with Gasteiger partial charge in [-0.05, 0) is 30.7 Å². The van der Waals surface area contributed by atoms with E-state index >= 15 is 0 Å². The molecule has 1 saturated heterocycles. The minimum atomic E-state index is -0.133. The maximum Gasteiger partial charge on any atom is 0.252 e. The van der Waals surface area contributed by atoms with Crippen molar-refractivity contribution in [3.63, 3.8) is 0 Å². The number of halogens is 1. The van der Waals surface area contributed by atoms with Gasteiger partial charge in [0.2, 0.25) is 0 Å². The van der Waals surface area contributed by atoms with E-state index < -0.39 is 0 Å². The van der Waals surface area contributed by atoms with E-state index in [1.165, 1.54) is 0 Å². The van der Waals surface area contributed by atoms with Gasteiger partial charge in [0.25, 0.3) is 5.91 Å². The summed E-state index contributed by atoms with van der Waals surface area (Å²) in [6.45, 7) is 2.90. The van der Waals surface area contributed by atoms with Gasteiger partial charge in [0.05, 0.1) is 18.4 Å². The standard InChI is InChI=1S/C21H28N6O2.HI/c1-22-21(25-12-11-24-20(28)16-6-5-10-23-14-16)26-17-9-13-27(15-17)18-7-3-4-8-19(18)29-2;/h3-8,10,14,17H,9,11-13,15H2,1-2H3,(H,24,28)(H2,22,25,26);1H. The molecule has 1 atom stereocenters. The quantitative estimate of drug-likeness (QED) is 0.222. The predicted molar refractivity (Wildman–Crippen MR) is 130 cm³/mol. The van der Waals surface area contributed by atoms with Crippen molar-refractivity contribution in [2.75, 3.05) is 45.2 Å². The van der Waals surface area contributed by atoms with E-state index in [0.717, 1.165) is 36.9 Å². The monoisotopic (exact) mass is 524 g/mol. The number of amides is 1. The Labute approximate surface area is 194 Å². The molecule has 1 aromatic heterocycles. The lowest BCUT2D eigenvalue weighted by Crippen LogP contribution is -2.46. The Morgan fingerprint density at radius 2 is 2.03 bits per heavy atom. The van der Waals surface area contributed by atoms with Crippen LogP contribution in [-0.4, -0.2) is 63.2 Å². The summed E-state index contributed by atoms with van der Waals surface area (Å²) < 4.78 is 5.48.